The Morgan fingerprint density at radius 2 is 1.71 bits per heavy atom. The van der Waals surface area contributed by atoms with Gasteiger partial charge in [0, 0.05) is 23.8 Å². The molecule has 0 radical (unpaired) electrons. The van der Waals surface area contributed by atoms with E-state index in [0.717, 1.165) is 51.4 Å². The molecule has 0 bridgehead atoms. The molecule has 4 aliphatic rings. The van der Waals surface area contributed by atoms with E-state index in [1.54, 1.807) is 0 Å². The lowest BCUT2D eigenvalue weighted by Crippen LogP contribution is -2.58. The van der Waals surface area contributed by atoms with Gasteiger partial charge in [-0.05, 0) is 98.4 Å². The first-order chi connectivity index (χ1) is 17.6. The van der Waals surface area contributed by atoms with Crippen molar-refractivity contribution in [1.29, 1.82) is 5.26 Å². The minimum Gasteiger partial charge on any atom is -0.511 e. The Morgan fingerprint density at radius 1 is 1.05 bits per heavy atom. The van der Waals surface area contributed by atoms with E-state index in [2.05, 4.69) is 52.9 Å². The van der Waals surface area contributed by atoms with Gasteiger partial charge in [-0.3, -0.25) is 9.59 Å². The van der Waals surface area contributed by atoms with Gasteiger partial charge in [-0.25, -0.2) is 0 Å². The Morgan fingerprint density at radius 3 is 2.34 bits per heavy atom. The van der Waals surface area contributed by atoms with Crippen LogP contribution in [0.1, 0.15) is 113 Å². The molecule has 5 heteroatoms. The summed E-state index contributed by atoms with van der Waals surface area (Å²) >= 11 is 0. The van der Waals surface area contributed by atoms with Gasteiger partial charge in [0.1, 0.15) is 5.76 Å². The highest BCUT2D eigenvalue weighted by molar-refractivity contribution is 5.95. The van der Waals surface area contributed by atoms with Crippen LogP contribution in [-0.2, 0) is 9.59 Å². The van der Waals surface area contributed by atoms with Crippen LogP contribution < -0.4 is 5.32 Å². The van der Waals surface area contributed by atoms with Crippen molar-refractivity contribution in [3.8, 4) is 6.07 Å². The van der Waals surface area contributed by atoms with Crippen molar-refractivity contribution >= 4 is 11.7 Å². The van der Waals surface area contributed by atoms with E-state index >= 15 is 0 Å². The van der Waals surface area contributed by atoms with E-state index in [9.17, 15) is 20.0 Å². The average molecular weight is 523 g/mol. The summed E-state index contributed by atoms with van der Waals surface area (Å²) in [5, 5.41) is 23.8. The smallest absolute Gasteiger partial charge is 0.225 e. The Hall–Kier alpha value is -2.09. The Bertz CT molecular complexity index is 1110. The SMILES string of the molecule is CCNC(=O)[C@@]1(C)CCC(C)(C)CCC2C(=O)C=C3[C@@]4(C)CC(C#N)=C(O)[C@@H](C)[C@@H]4CC[C@@]3(C)[C@]2(C)CC1. The lowest BCUT2D eigenvalue weighted by molar-refractivity contribution is -0.138. The van der Waals surface area contributed by atoms with Crippen molar-refractivity contribution < 1.29 is 14.7 Å². The normalized spacial score (nSPS) is 43.1. The molecule has 4 aliphatic carbocycles. The van der Waals surface area contributed by atoms with Crippen LogP contribution in [-0.4, -0.2) is 23.3 Å². The van der Waals surface area contributed by atoms with Crippen molar-refractivity contribution in [2.45, 2.75) is 113 Å². The highest BCUT2D eigenvalue weighted by atomic mass is 16.3. The number of amides is 1. The number of aliphatic hydroxyl groups is 1. The fraction of sp³-hybridized carbons (Fsp3) is 0.788. The number of rotatable bonds is 2. The van der Waals surface area contributed by atoms with Gasteiger partial charge >= 0.3 is 0 Å². The molecule has 210 valence electrons. The van der Waals surface area contributed by atoms with Gasteiger partial charge in [0.05, 0.1) is 11.6 Å². The molecule has 5 nitrogen and oxygen atoms in total. The van der Waals surface area contributed by atoms with Gasteiger partial charge in [0.15, 0.2) is 5.78 Å². The van der Waals surface area contributed by atoms with Crippen molar-refractivity contribution in [1.82, 2.24) is 5.32 Å². The molecule has 4 rings (SSSR count). The minimum atomic E-state index is -0.470. The third-order valence-electron chi connectivity index (χ3n) is 12.2. The van der Waals surface area contributed by atoms with Gasteiger partial charge in [-0.2, -0.15) is 5.26 Å². The zero-order valence-corrected chi connectivity index (χ0v) is 25.1. The number of nitrogens with zero attached hydrogens (tertiary/aromatic N) is 1. The van der Waals surface area contributed by atoms with Crippen molar-refractivity contribution in [2.24, 2.45) is 44.8 Å². The van der Waals surface area contributed by atoms with Crippen LogP contribution in [0.5, 0.6) is 0 Å². The average Bonchev–Trinajstić information content (AvgIpc) is 2.85. The number of nitrogens with one attached hydrogen (secondary N) is 1. The summed E-state index contributed by atoms with van der Waals surface area (Å²) in [6.45, 7) is 18.3. The van der Waals surface area contributed by atoms with E-state index < -0.39 is 5.41 Å². The summed E-state index contributed by atoms with van der Waals surface area (Å²) in [4.78, 5) is 27.5. The molecule has 0 aromatic heterocycles. The van der Waals surface area contributed by atoms with Gasteiger partial charge in [-0.15, -0.1) is 0 Å². The molecule has 38 heavy (non-hydrogen) atoms. The van der Waals surface area contributed by atoms with Crippen LogP contribution in [0, 0.1) is 56.2 Å². The number of fused-ring (bicyclic) bond motifs is 5. The fourth-order valence-electron chi connectivity index (χ4n) is 9.08. The molecule has 0 saturated heterocycles. The number of ketones is 1. The van der Waals surface area contributed by atoms with Gasteiger partial charge in [0.2, 0.25) is 5.91 Å². The minimum absolute atomic E-state index is 0.0592. The molecule has 1 unspecified atom stereocenters. The quantitative estimate of drug-likeness (QED) is 0.394. The zero-order valence-electron chi connectivity index (χ0n) is 25.1. The first-order valence-electron chi connectivity index (χ1n) is 15.0. The van der Waals surface area contributed by atoms with Crippen molar-refractivity contribution in [3.05, 3.63) is 23.0 Å². The predicted molar refractivity (Wildman–Crippen MR) is 151 cm³/mol. The standard InChI is InChI=1S/C33H50N2O3/c1-9-35-28(38)30(5)15-14-29(3,4)12-10-24-25(36)18-26-31(6)19-22(20-34)27(37)21(2)23(31)11-13-33(26,8)32(24,7)17-16-30/h18,21,23-24,37H,9-17,19H2,1-8H3,(H,35,38)/t21-,23-,24?,30-,31-,32+,33+/m0/s1. The maximum Gasteiger partial charge on any atom is 0.225 e. The van der Waals surface area contributed by atoms with Crippen molar-refractivity contribution in [2.75, 3.05) is 6.54 Å². The molecule has 1 amide bonds. The molecule has 0 spiro atoms. The summed E-state index contributed by atoms with van der Waals surface area (Å²) in [5.41, 5.74) is 0.403. The third kappa shape index (κ3) is 4.25. The molecular weight excluding hydrogens is 472 g/mol. The second-order valence-corrected chi connectivity index (χ2v) is 14.9. The fourth-order valence-corrected chi connectivity index (χ4v) is 9.08. The van der Waals surface area contributed by atoms with Crippen LogP contribution in [0.25, 0.3) is 0 Å². The van der Waals surface area contributed by atoms with E-state index in [1.165, 1.54) is 5.57 Å². The first kappa shape index (κ1) is 28.9. The van der Waals surface area contributed by atoms with Crippen LogP contribution in [0.2, 0.25) is 0 Å². The van der Waals surface area contributed by atoms with Crippen LogP contribution >= 0.6 is 0 Å². The predicted octanol–water partition coefficient (Wildman–Crippen LogP) is 7.44. The molecule has 0 aromatic rings. The molecular formula is C33H50N2O3. The molecule has 2 N–H and O–H groups in total. The summed E-state index contributed by atoms with van der Waals surface area (Å²) < 4.78 is 0. The molecule has 2 fully saturated rings. The monoisotopic (exact) mass is 522 g/mol. The van der Waals surface area contributed by atoms with Crippen LogP contribution in [0.3, 0.4) is 0 Å². The van der Waals surface area contributed by atoms with Gasteiger partial charge < -0.3 is 10.4 Å². The van der Waals surface area contributed by atoms with E-state index in [1.807, 2.05) is 19.9 Å². The number of hydrogen-bond acceptors (Lipinski definition) is 4. The van der Waals surface area contributed by atoms with Crippen LogP contribution in [0.15, 0.2) is 23.0 Å². The molecule has 2 saturated carbocycles. The largest absolute Gasteiger partial charge is 0.511 e. The van der Waals surface area contributed by atoms with Crippen molar-refractivity contribution in [3.63, 3.8) is 0 Å². The number of hydrogen-bond donors (Lipinski definition) is 2. The molecule has 0 heterocycles. The third-order valence-corrected chi connectivity index (χ3v) is 12.2. The number of carbonyl (C=O) groups is 2. The maximum absolute atomic E-state index is 14.1. The lowest BCUT2D eigenvalue weighted by Gasteiger charge is -2.64. The number of carbonyl (C=O) groups excluding carboxylic acids is 2. The highest BCUT2D eigenvalue weighted by Crippen LogP contribution is 2.70. The number of allylic oxidation sites excluding steroid dienone is 4. The Kier molecular flexibility index (Phi) is 7.25. The van der Waals surface area contributed by atoms with E-state index in [4.69, 9.17) is 0 Å². The summed E-state index contributed by atoms with van der Waals surface area (Å²) in [7, 11) is 0. The topological polar surface area (TPSA) is 90.2 Å². The van der Waals surface area contributed by atoms with Gasteiger partial charge in [0.25, 0.3) is 0 Å². The molecule has 7 atom stereocenters. The zero-order chi connectivity index (χ0) is 28.3. The second-order valence-electron chi connectivity index (χ2n) is 14.9. The summed E-state index contributed by atoms with van der Waals surface area (Å²) in [5.74, 6) is 0.626. The molecule has 0 aliphatic heterocycles. The van der Waals surface area contributed by atoms with Gasteiger partial charge in [-0.1, -0.05) is 54.0 Å². The van der Waals surface area contributed by atoms with E-state index in [0.29, 0.717) is 18.5 Å². The Balaban J connectivity index is 1.84. The maximum atomic E-state index is 14.1. The second kappa shape index (κ2) is 9.53. The van der Waals surface area contributed by atoms with Crippen LogP contribution in [0.4, 0.5) is 0 Å². The lowest BCUT2D eigenvalue weighted by atomic mass is 9.39. The highest BCUT2D eigenvalue weighted by Gasteiger charge is 2.64. The molecule has 0 aromatic carbocycles. The summed E-state index contributed by atoms with van der Waals surface area (Å²) in [6.07, 6.45) is 9.65. The number of nitriles is 1. The Labute approximate surface area is 230 Å². The first-order valence-corrected chi connectivity index (χ1v) is 15.0. The summed E-state index contributed by atoms with van der Waals surface area (Å²) in [6, 6.07) is 2.28. The van der Waals surface area contributed by atoms with E-state index in [-0.39, 0.29) is 56.9 Å². The number of aliphatic hydroxyl groups excluding tert-OH is 1.